The molecule has 0 radical (unpaired) electrons. The first-order valence-corrected chi connectivity index (χ1v) is 5.49. The number of nitrogens with zero attached hydrogens (tertiary/aromatic N) is 2. The van der Waals surface area contributed by atoms with Crippen LogP contribution in [0.25, 0.3) is 0 Å². The average Bonchev–Trinajstić information content (AvgIpc) is 2.59. The highest BCUT2D eigenvalue weighted by molar-refractivity contribution is 6.99. The van der Waals surface area contributed by atoms with Crippen LogP contribution in [0.3, 0.4) is 0 Å². The number of halogens is 1. The molecule has 1 N–H and O–H groups in total. The second kappa shape index (κ2) is 5.27. The van der Waals surface area contributed by atoms with Gasteiger partial charge in [0.1, 0.15) is 6.04 Å². The molecule has 0 bridgehead atoms. The summed E-state index contributed by atoms with van der Waals surface area (Å²) in [5.74, 6) is 0.162. The molecule has 1 aromatic heterocycles. The molecule has 0 fully saturated rings. The number of carbonyl (C=O) groups is 1. The Bertz CT molecular complexity index is 342. The summed E-state index contributed by atoms with van der Waals surface area (Å²) in [5, 5.41) is 3.18. The van der Waals surface area contributed by atoms with Gasteiger partial charge in [-0.25, -0.2) is 4.79 Å². The summed E-state index contributed by atoms with van der Waals surface area (Å²) in [6.45, 7) is 3.81. The van der Waals surface area contributed by atoms with Crippen molar-refractivity contribution in [1.29, 1.82) is 0 Å². The summed E-state index contributed by atoms with van der Waals surface area (Å²) in [7, 11) is 1.35. The summed E-state index contributed by atoms with van der Waals surface area (Å²) in [5.41, 5.74) is 0. The van der Waals surface area contributed by atoms with E-state index in [1.807, 2.05) is 13.8 Å². The number of nitrogens with one attached hydrogen (secondary N) is 1. The first-order valence-electron chi connectivity index (χ1n) is 4.38. The van der Waals surface area contributed by atoms with Gasteiger partial charge in [0.2, 0.25) is 0 Å². The topological polar surface area (TPSA) is 64.1 Å². The number of esters is 1. The third-order valence-electron chi connectivity index (χ3n) is 1.86. The maximum absolute atomic E-state index is 11.4. The summed E-state index contributed by atoms with van der Waals surface area (Å²) >= 11 is 6.75. The van der Waals surface area contributed by atoms with E-state index in [-0.39, 0.29) is 17.0 Å². The number of anilines is 1. The van der Waals surface area contributed by atoms with Gasteiger partial charge in [0.15, 0.2) is 11.0 Å². The lowest BCUT2D eigenvalue weighted by atomic mass is 10.1. The van der Waals surface area contributed by atoms with Crippen molar-refractivity contribution in [2.75, 3.05) is 12.4 Å². The van der Waals surface area contributed by atoms with Crippen LogP contribution in [-0.4, -0.2) is 27.9 Å². The Kier molecular flexibility index (Phi) is 4.28. The molecule has 1 heterocycles. The lowest BCUT2D eigenvalue weighted by Crippen LogP contribution is -2.35. The molecule has 0 saturated heterocycles. The molecule has 0 amide bonds. The Hall–Kier alpha value is -0.880. The molecule has 84 valence electrons. The van der Waals surface area contributed by atoms with E-state index in [9.17, 15) is 4.79 Å². The monoisotopic (exact) mass is 249 g/mol. The van der Waals surface area contributed by atoms with Crippen molar-refractivity contribution < 1.29 is 9.53 Å². The highest BCUT2D eigenvalue weighted by atomic mass is 35.5. The van der Waals surface area contributed by atoms with E-state index in [0.29, 0.717) is 5.82 Å². The van der Waals surface area contributed by atoms with E-state index in [0.717, 1.165) is 11.7 Å². The minimum Gasteiger partial charge on any atom is -0.467 e. The third-order valence-corrected chi connectivity index (χ3v) is 2.75. The predicted molar refractivity (Wildman–Crippen MR) is 59.2 cm³/mol. The predicted octanol–water partition coefficient (Wildman–Crippen LogP) is 1.80. The largest absolute Gasteiger partial charge is 0.467 e. The zero-order valence-corrected chi connectivity index (χ0v) is 10.2. The molecule has 1 unspecified atom stereocenters. The van der Waals surface area contributed by atoms with E-state index in [1.165, 1.54) is 7.11 Å². The molecule has 15 heavy (non-hydrogen) atoms. The van der Waals surface area contributed by atoms with E-state index >= 15 is 0 Å². The van der Waals surface area contributed by atoms with E-state index < -0.39 is 6.04 Å². The van der Waals surface area contributed by atoms with Gasteiger partial charge < -0.3 is 10.1 Å². The van der Waals surface area contributed by atoms with Gasteiger partial charge in [0, 0.05) is 0 Å². The second-order valence-corrected chi connectivity index (χ2v) is 4.18. The van der Waals surface area contributed by atoms with Crippen molar-refractivity contribution in [3.05, 3.63) is 5.15 Å². The fourth-order valence-electron chi connectivity index (χ4n) is 1.04. The van der Waals surface area contributed by atoms with Crippen LogP contribution in [-0.2, 0) is 9.53 Å². The maximum Gasteiger partial charge on any atom is 0.328 e. The van der Waals surface area contributed by atoms with Crippen LogP contribution in [0, 0.1) is 5.92 Å². The number of methoxy groups -OCH3 is 1. The van der Waals surface area contributed by atoms with E-state index in [2.05, 4.69) is 18.8 Å². The maximum atomic E-state index is 11.4. The van der Waals surface area contributed by atoms with Crippen LogP contribution in [0.15, 0.2) is 0 Å². The van der Waals surface area contributed by atoms with Gasteiger partial charge >= 0.3 is 5.97 Å². The standard InChI is InChI=1S/C8H12ClN3O2S/c1-4(2)5(8(13)14-3)10-7-6(9)11-15-12-7/h4-5H,1-3H3,(H,10,12). The zero-order valence-electron chi connectivity index (χ0n) is 8.65. The molecule has 0 saturated carbocycles. The number of aromatic nitrogens is 2. The van der Waals surface area contributed by atoms with Crippen molar-refractivity contribution in [3.8, 4) is 0 Å². The number of rotatable bonds is 4. The first-order chi connectivity index (χ1) is 7.06. The van der Waals surface area contributed by atoms with Crippen LogP contribution in [0.1, 0.15) is 13.8 Å². The lowest BCUT2D eigenvalue weighted by molar-refractivity contribution is -0.142. The first kappa shape index (κ1) is 12.2. The summed E-state index contributed by atoms with van der Waals surface area (Å²) < 4.78 is 12.4. The summed E-state index contributed by atoms with van der Waals surface area (Å²) in [4.78, 5) is 11.4. The minimum absolute atomic E-state index is 0.0789. The molecule has 1 atom stereocenters. The van der Waals surface area contributed by atoms with Gasteiger partial charge in [-0.15, -0.1) is 0 Å². The lowest BCUT2D eigenvalue weighted by Gasteiger charge is -2.19. The van der Waals surface area contributed by atoms with E-state index in [4.69, 9.17) is 11.6 Å². The van der Waals surface area contributed by atoms with Crippen LogP contribution < -0.4 is 5.32 Å². The molecule has 1 rings (SSSR count). The van der Waals surface area contributed by atoms with Crippen molar-refractivity contribution in [2.45, 2.75) is 19.9 Å². The smallest absolute Gasteiger partial charge is 0.328 e. The van der Waals surface area contributed by atoms with Gasteiger partial charge in [0.05, 0.1) is 18.8 Å². The molecule has 0 aliphatic carbocycles. The fourth-order valence-corrected chi connectivity index (χ4v) is 1.70. The zero-order chi connectivity index (χ0) is 11.4. The Labute approximate surface area is 97.1 Å². The Morgan fingerprint density at radius 2 is 2.20 bits per heavy atom. The molecule has 0 aliphatic heterocycles. The fraction of sp³-hybridized carbons (Fsp3) is 0.625. The Morgan fingerprint density at radius 3 is 2.60 bits per heavy atom. The average molecular weight is 250 g/mol. The summed E-state index contributed by atoms with van der Waals surface area (Å²) in [6.07, 6.45) is 0. The Morgan fingerprint density at radius 1 is 1.53 bits per heavy atom. The molecule has 0 aliphatic rings. The van der Waals surface area contributed by atoms with Crippen molar-refractivity contribution in [3.63, 3.8) is 0 Å². The highest BCUT2D eigenvalue weighted by Gasteiger charge is 2.24. The molecule has 0 spiro atoms. The van der Waals surface area contributed by atoms with E-state index in [1.54, 1.807) is 0 Å². The molecule has 0 aromatic carbocycles. The number of carbonyl (C=O) groups excluding carboxylic acids is 1. The quantitative estimate of drug-likeness (QED) is 0.825. The van der Waals surface area contributed by atoms with Crippen LogP contribution in [0.5, 0.6) is 0 Å². The molecule has 7 heteroatoms. The van der Waals surface area contributed by atoms with Crippen LogP contribution in [0.4, 0.5) is 5.82 Å². The summed E-state index contributed by atoms with van der Waals surface area (Å²) in [6, 6.07) is -0.462. The molecule has 5 nitrogen and oxygen atoms in total. The van der Waals surface area contributed by atoms with Gasteiger partial charge in [0.25, 0.3) is 0 Å². The van der Waals surface area contributed by atoms with Crippen LogP contribution in [0.2, 0.25) is 5.15 Å². The normalized spacial score (nSPS) is 12.6. The van der Waals surface area contributed by atoms with Gasteiger partial charge in [-0.1, -0.05) is 25.4 Å². The minimum atomic E-state index is -0.462. The second-order valence-electron chi connectivity index (χ2n) is 3.29. The van der Waals surface area contributed by atoms with Gasteiger partial charge in [-0.3, -0.25) is 0 Å². The molecular weight excluding hydrogens is 238 g/mol. The number of ether oxygens (including phenoxy) is 1. The van der Waals surface area contributed by atoms with Crippen molar-refractivity contribution in [2.24, 2.45) is 5.92 Å². The van der Waals surface area contributed by atoms with Crippen molar-refractivity contribution >= 4 is 35.1 Å². The van der Waals surface area contributed by atoms with Crippen LogP contribution >= 0.6 is 23.3 Å². The van der Waals surface area contributed by atoms with Gasteiger partial charge in [-0.2, -0.15) is 8.75 Å². The molecule has 1 aromatic rings. The third kappa shape index (κ3) is 3.04. The molecular formula is C8H12ClN3O2S. The van der Waals surface area contributed by atoms with Gasteiger partial charge in [-0.05, 0) is 5.92 Å². The number of hydrogen-bond donors (Lipinski definition) is 1. The van der Waals surface area contributed by atoms with Crippen molar-refractivity contribution in [1.82, 2.24) is 8.75 Å². The highest BCUT2D eigenvalue weighted by Crippen LogP contribution is 2.20. The SMILES string of the molecule is COC(=O)C(Nc1nsnc1Cl)C(C)C. The number of hydrogen-bond acceptors (Lipinski definition) is 6. The Balaban J connectivity index is 2.76.